The third-order valence-corrected chi connectivity index (χ3v) is 3.92. The molecule has 0 radical (unpaired) electrons. The highest BCUT2D eigenvalue weighted by Gasteiger charge is 2.16. The Labute approximate surface area is 161 Å². The highest BCUT2D eigenvalue weighted by molar-refractivity contribution is 5.97. The number of nitriles is 1. The molecule has 0 bridgehead atoms. The summed E-state index contributed by atoms with van der Waals surface area (Å²) in [6.45, 7) is 1.74. The van der Waals surface area contributed by atoms with Crippen molar-refractivity contribution < 1.29 is 23.0 Å². The molecule has 1 atom stereocenters. The number of carbonyl (C=O) groups excluding carboxylic acids is 1. The average Bonchev–Trinajstić information content (AvgIpc) is 2.69. The minimum atomic E-state index is -0.840. The number of anilines is 1. The molecule has 1 amide bonds. The average molecular weight is 387 g/mol. The lowest BCUT2D eigenvalue weighted by Crippen LogP contribution is -2.28. The van der Waals surface area contributed by atoms with Crippen molar-refractivity contribution >= 4 is 11.6 Å². The predicted molar refractivity (Wildman–Crippen MR) is 99.8 cm³/mol. The Morgan fingerprint density at radius 3 is 2.46 bits per heavy atom. The first-order chi connectivity index (χ1) is 13.4. The predicted octanol–water partition coefficient (Wildman–Crippen LogP) is 3.68. The number of ether oxygens (including phenoxy) is 2. The molecule has 0 saturated carbocycles. The van der Waals surface area contributed by atoms with Crippen molar-refractivity contribution in [2.45, 2.75) is 13.0 Å². The fourth-order valence-corrected chi connectivity index (χ4v) is 2.38. The zero-order valence-corrected chi connectivity index (χ0v) is 15.5. The molecule has 2 N–H and O–H groups in total. The normalized spacial score (nSPS) is 11.9. The fraction of sp³-hybridized carbons (Fsp3) is 0.200. The van der Waals surface area contributed by atoms with Crippen molar-refractivity contribution in [1.82, 2.24) is 5.32 Å². The third-order valence-electron chi connectivity index (χ3n) is 3.92. The smallest absolute Gasteiger partial charge is 0.263 e. The first-order valence-corrected chi connectivity index (χ1v) is 8.24. The Bertz CT molecular complexity index is 939. The standard InChI is InChI=1S/C20H19F2N3O3/c1-12(13-4-7-18(27-2)19(8-13)28-3)25-20(26)14(10-23)11-24-17-6-5-15(21)9-16(17)22/h4-9,11-12,24H,1-3H3,(H,25,26)/b14-11-. The van der Waals surface area contributed by atoms with E-state index in [0.29, 0.717) is 17.6 Å². The van der Waals surface area contributed by atoms with Crippen LogP contribution in [0.4, 0.5) is 14.5 Å². The summed E-state index contributed by atoms with van der Waals surface area (Å²) in [7, 11) is 3.02. The van der Waals surface area contributed by atoms with Gasteiger partial charge in [0.2, 0.25) is 0 Å². The van der Waals surface area contributed by atoms with Gasteiger partial charge in [-0.1, -0.05) is 6.07 Å². The van der Waals surface area contributed by atoms with Crippen molar-refractivity contribution in [3.8, 4) is 17.6 Å². The van der Waals surface area contributed by atoms with Crippen LogP contribution >= 0.6 is 0 Å². The van der Waals surface area contributed by atoms with Crippen LogP contribution in [0.5, 0.6) is 11.5 Å². The van der Waals surface area contributed by atoms with Gasteiger partial charge in [-0.05, 0) is 36.8 Å². The Balaban J connectivity index is 2.11. The number of hydrogen-bond acceptors (Lipinski definition) is 5. The molecule has 0 saturated heterocycles. The second-order valence-electron chi connectivity index (χ2n) is 5.75. The number of methoxy groups -OCH3 is 2. The number of nitrogens with zero attached hydrogens (tertiary/aromatic N) is 1. The van der Waals surface area contributed by atoms with Gasteiger partial charge >= 0.3 is 0 Å². The van der Waals surface area contributed by atoms with Gasteiger partial charge in [-0.15, -0.1) is 0 Å². The van der Waals surface area contributed by atoms with E-state index < -0.39 is 23.6 Å². The van der Waals surface area contributed by atoms with Crippen LogP contribution in [-0.4, -0.2) is 20.1 Å². The summed E-state index contributed by atoms with van der Waals surface area (Å²) in [6.07, 6.45) is 1.06. The molecule has 0 aliphatic rings. The van der Waals surface area contributed by atoms with E-state index >= 15 is 0 Å². The summed E-state index contributed by atoms with van der Waals surface area (Å²) >= 11 is 0. The molecule has 2 aromatic rings. The molecule has 0 fully saturated rings. The van der Waals surface area contributed by atoms with E-state index in [0.717, 1.165) is 17.8 Å². The quantitative estimate of drug-likeness (QED) is 0.559. The van der Waals surface area contributed by atoms with Gasteiger partial charge in [-0.2, -0.15) is 5.26 Å². The van der Waals surface area contributed by atoms with Crippen molar-refractivity contribution in [3.05, 3.63) is 65.4 Å². The molecule has 8 heteroatoms. The maximum atomic E-state index is 13.6. The maximum Gasteiger partial charge on any atom is 0.263 e. The lowest BCUT2D eigenvalue weighted by atomic mass is 10.1. The number of rotatable bonds is 7. The number of carbonyl (C=O) groups is 1. The van der Waals surface area contributed by atoms with Gasteiger partial charge in [0.05, 0.1) is 25.9 Å². The highest BCUT2D eigenvalue weighted by atomic mass is 19.1. The minimum absolute atomic E-state index is 0.0603. The molecule has 0 heterocycles. The van der Waals surface area contributed by atoms with Gasteiger partial charge in [0.25, 0.3) is 5.91 Å². The van der Waals surface area contributed by atoms with Crippen LogP contribution in [0.3, 0.4) is 0 Å². The molecule has 1 unspecified atom stereocenters. The first-order valence-electron chi connectivity index (χ1n) is 8.24. The third kappa shape index (κ3) is 4.98. The molecule has 2 aromatic carbocycles. The van der Waals surface area contributed by atoms with Gasteiger partial charge < -0.3 is 20.1 Å². The number of benzene rings is 2. The Kier molecular flexibility index (Phi) is 6.93. The van der Waals surface area contributed by atoms with Crippen LogP contribution in [0.15, 0.2) is 48.2 Å². The zero-order chi connectivity index (χ0) is 20.7. The molecule has 0 spiro atoms. The van der Waals surface area contributed by atoms with E-state index in [2.05, 4.69) is 10.6 Å². The fourth-order valence-electron chi connectivity index (χ4n) is 2.38. The maximum absolute atomic E-state index is 13.6. The van der Waals surface area contributed by atoms with E-state index in [1.54, 1.807) is 31.2 Å². The number of halogens is 2. The van der Waals surface area contributed by atoms with E-state index in [1.165, 1.54) is 20.3 Å². The van der Waals surface area contributed by atoms with Gasteiger partial charge in [-0.3, -0.25) is 4.79 Å². The molecule has 28 heavy (non-hydrogen) atoms. The van der Waals surface area contributed by atoms with Crippen LogP contribution < -0.4 is 20.1 Å². The van der Waals surface area contributed by atoms with Gasteiger partial charge in [0.15, 0.2) is 11.5 Å². The zero-order valence-electron chi connectivity index (χ0n) is 15.5. The molecule has 0 aliphatic heterocycles. The van der Waals surface area contributed by atoms with E-state index in [1.807, 2.05) is 0 Å². The van der Waals surface area contributed by atoms with Crippen molar-refractivity contribution in [2.75, 3.05) is 19.5 Å². The van der Waals surface area contributed by atoms with E-state index in [4.69, 9.17) is 9.47 Å². The SMILES string of the molecule is COc1ccc(C(C)NC(=O)/C(C#N)=C\Nc2ccc(F)cc2F)cc1OC. The van der Waals surface area contributed by atoms with Crippen LogP contribution in [-0.2, 0) is 4.79 Å². The molecular formula is C20H19F2N3O3. The monoisotopic (exact) mass is 387 g/mol. The lowest BCUT2D eigenvalue weighted by molar-refractivity contribution is -0.117. The van der Waals surface area contributed by atoms with Gasteiger partial charge in [0, 0.05) is 12.3 Å². The molecule has 0 aromatic heterocycles. The summed E-state index contributed by atoms with van der Waals surface area (Å²) in [4.78, 5) is 12.3. The van der Waals surface area contributed by atoms with Crippen LogP contribution in [0.25, 0.3) is 0 Å². The molecule has 0 aliphatic carbocycles. The Morgan fingerprint density at radius 2 is 1.86 bits per heavy atom. The summed E-state index contributed by atoms with van der Waals surface area (Å²) in [5, 5.41) is 14.4. The second kappa shape index (κ2) is 9.37. The van der Waals surface area contributed by atoms with Crippen LogP contribution in [0.1, 0.15) is 18.5 Å². The van der Waals surface area contributed by atoms with E-state index in [9.17, 15) is 18.8 Å². The molecule has 146 valence electrons. The summed E-state index contributed by atoms with van der Waals surface area (Å²) in [5.41, 5.74) is 0.409. The van der Waals surface area contributed by atoms with Crippen molar-refractivity contribution in [2.24, 2.45) is 0 Å². The number of hydrogen-bond donors (Lipinski definition) is 2. The largest absolute Gasteiger partial charge is 0.493 e. The van der Waals surface area contributed by atoms with Gasteiger partial charge in [-0.25, -0.2) is 8.78 Å². The van der Waals surface area contributed by atoms with Crippen LogP contribution in [0, 0.1) is 23.0 Å². The molecule has 2 rings (SSSR count). The second-order valence-corrected chi connectivity index (χ2v) is 5.75. The van der Waals surface area contributed by atoms with Gasteiger partial charge in [0.1, 0.15) is 23.3 Å². The minimum Gasteiger partial charge on any atom is -0.493 e. The lowest BCUT2D eigenvalue weighted by Gasteiger charge is -2.16. The summed E-state index contributed by atoms with van der Waals surface area (Å²) in [5.74, 6) is -1.17. The Hall–Kier alpha value is -3.60. The van der Waals surface area contributed by atoms with Crippen molar-refractivity contribution in [1.29, 1.82) is 5.26 Å². The molecular weight excluding hydrogens is 368 g/mol. The Morgan fingerprint density at radius 1 is 1.14 bits per heavy atom. The number of amides is 1. The highest BCUT2D eigenvalue weighted by Crippen LogP contribution is 2.29. The summed E-state index contributed by atoms with van der Waals surface area (Å²) < 4.78 is 37.0. The summed E-state index contributed by atoms with van der Waals surface area (Å²) in [6, 6.07) is 9.41. The van der Waals surface area contributed by atoms with E-state index in [-0.39, 0.29) is 11.3 Å². The van der Waals surface area contributed by atoms with Crippen LogP contribution in [0.2, 0.25) is 0 Å². The first kappa shape index (κ1) is 20.7. The molecule has 6 nitrogen and oxygen atoms in total. The number of nitrogens with one attached hydrogen (secondary N) is 2. The van der Waals surface area contributed by atoms with Crippen molar-refractivity contribution in [3.63, 3.8) is 0 Å². The topological polar surface area (TPSA) is 83.4 Å².